The average Bonchev–Trinajstić information content (AvgIpc) is 2.42. The van der Waals surface area contributed by atoms with Crippen molar-refractivity contribution in [2.24, 2.45) is 5.73 Å². The Labute approximate surface area is 140 Å². The zero-order chi connectivity index (χ0) is 17.8. The first kappa shape index (κ1) is 20.2. The topological polar surface area (TPSA) is 92.9 Å². The van der Waals surface area contributed by atoms with Gasteiger partial charge in [-0.05, 0) is 34.6 Å². The van der Waals surface area contributed by atoms with Crippen molar-refractivity contribution >= 4 is 15.9 Å². The van der Waals surface area contributed by atoms with Crippen LogP contribution in [0.3, 0.4) is 0 Å². The Hall–Kier alpha value is -0.860. The molecule has 1 heterocycles. The van der Waals surface area contributed by atoms with Gasteiger partial charge < -0.3 is 15.4 Å². The van der Waals surface area contributed by atoms with E-state index >= 15 is 0 Å². The Bertz CT molecular complexity index is 499. The van der Waals surface area contributed by atoms with E-state index < -0.39 is 15.4 Å². The molecule has 1 aliphatic heterocycles. The molecule has 2 N–H and O–H groups in total. The summed E-state index contributed by atoms with van der Waals surface area (Å²) < 4.78 is 29.3. The zero-order valence-electron chi connectivity index (χ0n) is 14.9. The third-order valence-electron chi connectivity index (χ3n) is 3.91. The van der Waals surface area contributed by atoms with Gasteiger partial charge in [-0.3, -0.25) is 4.90 Å². The van der Waals surface area contributed by atoms with Crippen molar-refractivity contribution in [1.82, 2.24) is 9.80 Å². The van der Waals surface area contributed by atoms with Gasteiger partial charge in [-0.2, -0.15) is 0 Å². The molecular weight excluding hydrogens is 318 g/mol. The number of hydrogen-bond acceptors (Lipinski definition) is 6. The second kappa shape index (κ2) is 7.81. The predicted octanol–water partition coefficient (Wildman–Crippen LogP) is 0.690. The van der Waals surface area contributed by atoms with Crippen LogP contribution in [0.2, 0.25) is 0 Å². The number of sulfone groups is 1. The Morgan fingerprint density at radius 3 is 2.39 bits per heavy atom. The van der Waals surface area contributed by atoms with Crippen LogP contribution in [0.25, 0.3) is 0 Å². The van der Waals surface area contributed by atoms with Crippen LogP contribution in [-0.2, 0) is 14.6 Å². The largest absolute Gasteiger partial charge is 0.444 e. The van der Waals surface area contributed by atoms with Crippen LogP contribution in [0.15, 0.2) is 0 Å². The molecule has 1 fully saturated rings. The Kier molecular flexibility index (Phi) is 6.85. The number of nitrogens with two attached hydrogens (primary N) is 1. The van der Waals surface area contributed by atoms with E-state index in [-0.39, 0.29) is 23.1 Å². The molecule has 0 aliphatic carbocycles. The first-order chi connectivity index (χ1) is 10.5. The van der Waals surface area contributed by atoms with Gasteiger partial charge in [-0.15, -0.1) is 0 Å². The number of amides is 1. The summed E-state index contributed by atoms with van der Waals surface area (Å²) in [5.41, 5.74) is 5.28. The van der Waals surface area contributed by atoms with E-state index in [4.69, 9.17) is 10.5 Å². The van der Waals surface area contributed by atoms with Crippen LogP contribution in [0.4, 0.5) is 4.79 Å². The monoisotopic (exact) mass is 349 g/mol. The van der Waals surface area contributed by atoms with Gasteiger partial charge in [-0.1, -0.05) is 0 Å². The molecule has 0 radical (unpaired) electrons. The van der Waals surface area contributed by atoms with E-state index in [1.54, 1.807) is 18.7 Å². The highest BCUT2D eigenvalue weighted by Gasteiger charge is 2.32. The summed E-state index contributed by atoms with van der Waals surface area (Å²) in [4.78, 5) is 15.8. The molecule has 1 rings (SSSR count). The van der Waals surface area contributed by atoms with Gasteiger partial charge in [0, 0.05) is 38.8 Å². The van der Waals surface area contributed by atoms with Gasteiger partial charge in [-0.25, -0.2) is 13.2 Å². The Morgan fingerprint density at radius 1 is 1.30 bits per heavy atom. The summed E-state index contributed by atoms with van der Waals surface area (Å²) >= 11 is 0. The SMILES string of the molecule is CC(C)S(=O)(=O)CCN1CCN(C(=O)OC(C)(C)C)CC1CN. The predicted molar refractivity (Wildman–Crippen MR) is 91.1 cm³/mol. The highest BCUT2D eigenvalue weighted by atomic mass is 32.2. The first-order valence-corrected chi connectivity index (χ1v) is 9.81. The van der Waals surface area contributed by atoms with E-state index in [0.717, 1.165) is 0 Å². The zero-order valence-corrected chi connectivity index (χ0v) is 15.7. The van der Waals surface area contributed by atoms with E-state index in [1.165, 1.54) is 0 Å². The lowest BCUT2D eigenvalue weighted by Gasteiger charge is -2.41. The number of carbonyl (C=O) groups is 1. The van der Waals surface area contributed by atoms with Gasteiger partial charge >= 0.3 is 6.09 Å². The second-order valence-corrected chi connectivity index (χ2v) is 9.94. The van der Waals surface area contributed by atoms with Gasteiger partial charge in [0.2, 0.25) is 0 Å². The molecule has 1 atom stereocenters. The fraction of sp³-hybridized carbons (Fsp3) is 0.933. The number of carbonyl (C=O) groups excluding carboxylic acids is 1. The number of piperazine rings is 1. The van der Waals surface area contributed by atoms with Crippen LogP contribution < -0.4 is 5.73 Å². The van der Waals surface area contributed by atoms with E-state index in [1.807, 2.05) is 20.8 Å². The number of rotatable bonds is 5. The van der Waals surface area contributed by atoms with Crippen molar-refractivity contribution in [1.29, 1.82) is 0 Å². The van der Waals surface area contributed by atoms with Crippen molar-refractivity contribution in [2.45, 2.75) is 51.5 Å². The number of hydrogen-bond donors (Lipinski definition) is 1. The maximum absolute atomic E-state index is 12.1. The summed E-state index contributed by atoms with van der Waals surface area (Å²) in [7, 11) is -3.07. The van der Waals surface area contributed by atoms with Gasteiger partial charge in [0.25, 0.3) is 0 Å². The standard InChI is InChI=1S/C15H31N3O4S/c1-12(2)23(20,21)9-8-17-6-7-18(11-13(17)10-16)14(19)22-15(3,4)5/h12-13H,6-11,16H2,1-5H3. The Balaban J connectivity index is 2.61. The molecule has 0 aromatic carbocycles. The second-order valence-electron chi connectivity index (χ2n) is 7.27. The summed E-state index contributed by atoms with van der Waals surface area (Å²) in [6.07, 6.45) is -0.342. The summed E-state index contributed by atoms with van der Waals surface area (Å²) in [6, 6.07) is -0.0429. The van der Waals surface area contributed by atoms with Gasteiger partial charge in [0.05, 0.1) is 11.0 Å². The summed E-state index contributed by atoms with van der Waals surface area (Å²) in [5, 5.41) is -0.373. The van der Waals surface area contributed by atoms with Crippen molar-refractivity contribution in [3.8, 4) is 0 Å². The normalized spacial score (nSPS) is 20.8. The molecule has 1 saturated heterocycles. The summed E-state index contributed by atoms with van der Waals surface area (Å²) in [6.45, 7) is 11.3. The summed E-state index contributed by atoms with van der Waals surface area (Å²) in [5.74, 6) is 0.119. The maximum Gasteiger partial charge on any atom is 0.410 e. The van der Waals surface area contributed by atoms with Crippen LogP contribution in [-0.4, -0.2) is 79.7 Å². The molecule has 0 aromatic heterocycles. The Morgan fingerprint density at radius 2 is 1.91 bits per heavy atom. The number of nitrogens with zero attached hydrogens (tertiary/aromatic N) is 2. The molecule has 8 heteroatoms. The van der Waals surface area contributed by atoms with E-state index in [2.05, 4.69) is 4.90 Å². The molecule has 136 valence electrons. The lowest BCUT2D eigenvalue weighted by Crippen LogP contribution is -2.58. The van der Waals surface area contributed by atoms with Gasteiger partial charge in [0.15, 0.2) is 9.84 Å². The minimum atomic E-state index is -3.07. The van der Waals surface area contributed by atoms with Crippen molar-refractivity contribution in [2.75, 3.05) is 38.5 Å². The molecule has 0 aromatic rings. The molecule has 1 amide bonds. The third-order valence-corrected chi connectivity index (χ3v) is 6.10. The molecule has 0 saturated carbocycles. The smallest absolute Gasteiger partial charge is 0.410 e. The van der Waals surface area contributed by atoms with Crippen molar-refractivity contribution in [3.05, 3.63) is 0 Å². The lowest BCUT2D eigenvalue weighted by atomic mass is 10.1. The van der Waals surface area contributed by atoms with E-state index in [0.29, 0.717) is 32.7 Å². The highest BCUT2D eigenvalue weighted by Crippen LogP contribution is 2.15. The molecule has 0 bridgehead atoms. The molecule has 1 aliphatic rings. The molecule has 1 unspecified atom stereocenters. The first-order valence-electron chi connectivity index (χ1n) is 8.10. The van der Waals surface area contributed by atoms with Crippen molar-refractivity contribution in [3.63, 3.8) is 0 Å². The van der Waals surface area contributed by atoms with Crippen LogP contribution in [0.5, 0.6) is 0 Å². The van der Waals surface area contributed by atoms with E-state index in [9.17, 15) is 13.2 Å². The fourth-order valence-electron chi connectivity index (χ4n) is 2.38. The van der Waals surface area contributed by atoms with Crippen LogP contribution in [0, 0.1) is 0 Å². The molecular formula is C15H31N3O4S. The van der Waals surface area contributed by atoms with Gasteiger partial charge in [0.1, 0.15) is 5.60 Å². The fourth-order valence-corrected chi connectivity index (χ4v) is 3.34. The minimum absolute atomic E-state index is 0.0429. The maximum atomic E-state index is 12.1. The molecule has 7 nitrogen and oxygen atoms in total. The van der Waals surface area contributed by atoms with Crippen LogP contribution in [0.1, 0.15) is 34.6 Å². The van der Waals surface area contributed by atoms with Crippen molar-refractivity contribution < 1.29 is 17.9 Å². The lowest BCUT2D eigenvalue weighted by molar-refractivity contribution is 0.00569. The molecule has 0 spiro atoms. The number of ether oxygens (including phenoxy) is 1. The quantitative estimate of drug-likeness (QED) is 0.785. The van der Waals surface area contributed by atoms with Crippen LogP contribution >= 0.6 is 0 Å². The average molecular weight is 349 g/mol. The minimum Gasteiger partial charge on any atom is -0.444 e. The third kappa shape index (κ3) is 6.27. The molecule has 23 heavy (non-hydrogen) atoms. The highest BCUT2D eigenvalue weighted by molar-refractivity contribution is 7.92.